The fourth-order valence-electron chi connectivity index (χ4n) is 2.74. The van der Waals surface area contributed by atoms with Gasteiger partial charge in [0.2, 0.25) is 5.54 Å². The van der Waals surface area contributed by atoms with Gasteiger partial charge in [-0.15, -0.1) is 0 Å². The second kappa shape index (κ2) is 4.85. The molecule has 1 aromatic rings. The van der Waals surface area contributed by atoms with Crippen LogP contribution >= 0.6 is 0 Å². The molecule has 0 bridgehead atoms. The number of nitrogens with one attached hydrogen (secondary N) is 2. The van der Waals surface area contributed by atoms with Crippen LogP contribution in [-0.4, -0.2) is 43.0 Å². The summed E-state index contributed by atoms with van der Waals surface area (Å²) in [6.07, 6.45) is 0.523. The Morgan fingerprint density at radius 2 is 2.00 bits per heavy atom. The molecule has 0 radical (unpaired) electrons. The summed E-state index contributed by atoms with van der Waals surface area (Å²) < 4.78 is 4.92. The van der Waals surface area contributed by atoms with Gasteiger partial charge in [-0.05, 0) is 12.5 Å². The smallest absolute Gasteiger partial charge is 0.325 e. The molecule has 1 fully saturated rings. The third kappa shape index (κ3) is 1.81. The van der Waals surface area contributed by atoms with E-state index < -0.39 is 23.4 Å². The van der Waals surface area contributed by atoms with Crippen molar-refractivity contribution in [3.63, 3.8) is 0 Å². The van der Waals surface area contributed by atoms with Crippen molar-refractivity contribution in [1.82, 2.24) is 10.2 Å². The minimum Gasteiger partial charge on any atom is -0.385 e. The second-order valence-corrected chi connectivity index (χ2v) is 4.98. The van der Waals surface area contributed by atoms with E-state index in [1.807, 2.05) is 0 Å². The average Bonchev–Trinajstić information content (AvgIpc) is 2.89. The molecular weight excluding hydrogens is 274 g/mol. The standard InChI is InChI=1S/C14H15N3O4/c1-21-8-4-7-17-12(19)14(16-13(17)20)9-5-2-3-6-10(9)15-11(14)18/h2-3,5-6H,4,7-8H2,1H3,(H,15,18)(H,16,20). The molecule has 1 atom stereocenters. The normalized spacial score (nSPS) is 23.5. The Labute approximate surface area is 121 Å². The van der Waals surface area contributed by atoms with Gasteiger partial charge in [0.05, 0.1) is 0 Å². The number of carbonyl (C=O) groups is 3. The number of fused-ring (bicyclic) bond motifs is 2. The lowest BCUT2D eigenvalue weighted by Gasteiger charge is -2.19. The van der Waals surface area contributed by atoms with Gasteiger partial charge in [-0.2, -0.15) is 0 Å². The summed E-state index contributed by atoms with van der Waals surface area (Å²) in [4.78, 5) is 38.1. The third-order valence-electron chi connectivity index (χ3n) is 3.76. The molecule has 2 aliphatic rings. The van der Waals surface area contributed by atoms with Gasteiger partial charge < -0.3 is 15.4 Å². The average molecular weight is 289 g/mol. The summed E-state index contributed by atoms with van der Waals surface area (Å²) in [5.74, 6) is -1.05. The van der Waals surface area contributed by atoms with Gasteiger partial charge >= 0.3 is 6.03 Å². The molecule has 1 aromatic carbocycles. The lowest BCUT2D eigenvalue weighted by atomic mass is 9.91. The van der Waals surface area contributed by atoms with Crippen LogP contribution in [0.5, 0.6) is 0 Å². The highest BCUT2D eigenvalue weighted by Crippen LogP contribution is 2.39. The Kier molecular flexibility index (Phi) is 3.13. The number of benzene rings is 1. The predicted octanol–water partition coefficient (Wildman–Crippen LogP) is 0.422. The van der Waals surface area contributed by atoms with Gasteiger partial charge in [-0.25, -0.2) is 4.79 Å². The first kappa shape index (κ1) is 13.6. The van der Waals surface area contributed by atoms with Crippen LogP contribution in [0.2, 0.25) is 0 Å². The molecule has 2 heterocycles. The summed E-state index contributed by atoms with van der Waals surface area (Å²) in [6.45, 7) is 0.655. The zero-order valence-electron chi connectivity index (χ0n) is 11.5. The van der Waals surface area contributed by atoms with E-state index in [0.717, 1.165) is 4.90 Å². The number of carbonyl (C=O) groups excluding carboxylic acids is 3. The van der Waals surface area contributed by atoms with Crippen molar-refractivity contribution in [1.29, 1.82) is 0 Å². The third-order valence-corrected chi connectivity index (χ3v) is 3.76. The van der Waals surface area contributed by atoms with E-state index in [4.69, 9.17) is 4.74 Å². The van der Waals surface area contributed by atoms with Gasteiger partial charge in [-0.3, -0.25) is 14.5 Å². The number of hydrogen-bond donors (Lipinski definition) is 2. The molecule has 4 amide bonds. The van der Waals surface area contributed by atoms with Crippen LogP contribution in [0.25, 0.3) is 0 Å². The molecule has 2 aliphatic heterocycles. The summed E-state index contributed by atoms with van der Waals surface area (Å²) in [5.41, 5.74) is -0.585. The second-order valence-electron chi connectivity index (χ2n) is 4.98. The number of imide groups is 1. The molecule has 0 aromatic heterocycles. The summed E-state index contributed by atoms with van der Waals surface area (Å²) >= 11 is 0. The van der Waals surface area contributed by atoms with E-state index in [1.165, 1.54) is 0 Å². The van der Waals surface area contributed by atoms with Crippen LogP contribution in [0.4, 0.5) is 10.5 Å². The molecule has 0 saturated carbocycles. The maximum atomic E-state index is 12.6. The molecule has 1 spiro atoms. The fraction of sp³-hybridized carbons (Fsp3) is 0.357. The minimum atomic E-state index is -1.62. The number of para-hydroxylation sites is 1. The Hall–Kier alpha value is -2.41. The summed E-state index contributed by atoms with van der Waals surface area (Å²) in [5, 5.41) is 5.19. The van der Waals surface area contributed by atoms with Crippen LogP contribution in [0.1, 0.15) is 12.0 Å². The number of nitrogens with zero attached hydrogens (tertiary/aromatic N) is 1. The number of anilines is 1. The number of hydrogen-bond acceptors (Lipinski definition) is 4. The topological polar surface area (TPSA) is 87.7 Å². The van der Waals surface area contributed by atoms with E-state index in [0.29, 0.717) is 24.3 Å². The highest BCUT2D eigenvalue weighted by molar-refractivity contribution is 6.26. The highest BCUT2D eigenvalue weighted by atomic mass is 16.5. The first-order chi connectivity index (χ1) is 10.1. The number of methoxy groups -OCH3 is 1. The Morgan fingerprint density at radius 3 is 2.76 bits per heavy atom. The fourth-order valence-corrected chi connectivity index (χ4v) is 2.74. The Morgan fingerprint density at radius 1 is 1.24 bits per heavy atom. The lowest BCUT2D eigenvalue weighted by molar-refractivity contribution is -0.137. The van der Waals surface area contributed by atoms with Crippen LogP contribution in [-0.2, 0) is 19.9 Å². The van der Waals surface area contributed by atoms with Crippen LogP contribution in [0.3, 0.4) is 0 Å². The van der Waals surface area contributed by atoms with Gasteiger partial charge in [0.1, 0.15) is 0 Å². The summed E-state index contributed by atoms with van der Waals surface area (Å²) in [7, 11) is 1.55. The van der Waals surface area contributed by atoms with Crippen LogP contribution in [0.15, 0.2) is 24.3 Å². The van der Waals surface area contributed by atoms with Crippen molar-refractivity contribution in [3.05, 3.63) is 29.8 Å². The monoisotopic (exact) mass is 289 g/mol. The van der Waals surface area contributed by atoms with Gasteiger partial charge in [0.25, 0.3) is 11.8 Å². The zero-order valence-corrected chi connectivity index (χ0v) is 11.5. The maximum Gasteiger partial charge on any atom is 0.325 e. The number of rotatable bonds is 4. The van der Waals surface area contributed by atoms with E-state index in [-0.39, 0.29) is 6.54 Å². The molecule has 3 rings (SSSR count). The van der Waals surface area contributed by atoms with Gasteiger partial charge in [0, 0.05) is 31.5 Å². The number of urea groups is 1. The Balaban J connectivity index is 1.95. The van der Waals surface area contributed by atoms with Crippen molar-refractivity contribution in [2.45, 2.75) is 12.0 Å². The molecule has 1 unspecified atom stereocenters. The van der Waals surface area contributed by atoms with E-state index in [1.54, 1.807) is 31.4 Å². The van der Waals surface area contributed by atoms with Gasteiger partial charge in [-0.1, -0.05) is 18.2 Å². The number of amides is 4. The quantitative estimate of drug-likeness (QED) is 0.478. The van der Waals surface area contributed by atoms with Crippen molar-refractivity contribution < 1.29 is 19.1 Å². The molecule has 7 heteroatoms. The Bertz CT molecular complexity index is 630. The van der Waals surface area contributed by atoms with Gasteiger partial charge in [0.15, 0.2) is 0 Å². The molecular formula is C14H15N3O4. The molecule has 110 valence electrons. The molecule has 7 nitrogen and oxygen atoms in total. The van der Waals surface area contributed by atoms with Crippen molar-refractivity contribution in [2.75, 3.05) is 25.6 Å². The van der Waals surface area contributed by atoms with Crippen molar-refractivity contribution in [2.24, 2.45) is 0 Å². The summed E-state index contributed by atoms with van der Waals surface area (Å²) in [6, 6.07) is 6.31. The van der Waals surface area contributed by atoms with Crippen molar-refractivity contribution in [3.8, 4) is 0 Å². The predicted molar refractivity (Wildman–Crippen MR) is 73.5 cm³/mol. The molecule has 0 aliphatic carbocycles. The molecule has 1 saturated heterocycles. The van der Waals surface area contributed by atoms with E-state index in [2.05, 4.69) is 10.6 Å². The lowest BCUT2D eigenvalue weighted by Crippen LogP contribution is -2.49. The van der Waals surface area contributed by atoms with Crippen molar-refractivity contribution >= 4 is 23.5 Å². The van der Waals surface area contributed by atoms with E-state index in [9.17, 15) is 14.4 Å². The molecule has 21 heavy (non-hydrogen) atoms. The number of ether oxygens (including phenoxy) is 1. The molecule has 2 N–H and O–H groups in total. The highest BCUT2D eigenvalue weighted by Gasteiger charge is 2.61. The van der Waals surface area contributed by atoms with Crippen LogP contribution < -0.4 is 10.6 Å². The SMILES string of the molecule is COCCCN1C(=O)NC2(C(=O)Nc3ccccc32)C1=O. The maximum absolute atomic E-state index is 12.6. The van der Waals surface area contributed by atoms with Crippen LogP contribution in [0, 0.1) is 0 Å². The first-order valence-corrected chi connectivity index (χ1v) is 6.65. The minimum absolute atomic E-state index is 0.218. The first-order valence-electron chi connectivity index (χ1n) is 6.65. The largest absolute Gasteiger partial charge is 0.385 e. The zero-order chi connectivity index (χ0) is 15.0. The van der Waals surface area contributed by atoms with E-state index >= 15 is 0 Å².